The van der Waals surface area contributed by atoms with Gasteiger partial charge in [-0.25, -0.2) is 4.98 Å². The summed E-state index contributed by atoms with van der Waals surface area (Å²) in [5.74, 6) is 2.19. The molecule has 0 aliphatic rings. The van der Waals surface area contributed by atoms with Crippen molar-refractivity contribution >= 4 is 17.4 Å². The zero-order chi connectivity index (χ0) is 12.0. The number of aryl methyl sites for hydroxylation is 2. The highest BCUT2D eigenvalue weighted by molar-refractivity contribution is 6.17. The summed E-state index contributed by atoms with van der Waals surface area (Å²) in [5.41, 5.74) is 1.97. The van der Waals surface area contributed by atoms with Crippen LogP contribution in [0.4, 0.5) is 5.82 Å². The molecule has 0 saturated carbocycles. The van der Waals surface area contributed by atoms with E-state index in [9.17, 15) is 0 Å². The van der Waals surface area contributed by atoms with Gasteiger partial charge in [-0.1, -0.05) is 13.3 Å². The van der Waals surface area contributed by atoms with E-state index in [-0.39, 0.29) is 0 Å². The molecule has 1 aromatic heterocycles. The molecule has 1 rings (SSSR count). The van der Waals surface area contributed by atoms with Gasteiger partial charge in [0.25, 0.3) is 0 Å². The second-order valence-corrected chi connectivity index (χ2v) is 4.44. The Morgan fingerprint density at radius 1 is 1.38 bits per heavy atom. The number of hydrogen-bond acceptors (Lipinski definition) is 3. The van der Waals surface area contributed by atoms with Crippen LogP contribution in [-0.2, 0) is 0 Å². The number of halogens is 1. The highest BCUT2D eigenvalue weighted by Gasteiger charge is 2.06. The number of alkyl halides is 1. The van der Waals surface area contributed by atoms with Gasteiger partial charge >= 0.3 is 0 Å². The summed E-state index contributed by atoms with van der Waals surface area (Å²) in [4.78, 5) is 8.71. The van der Waals surface area contributed by atoms with Crippen molar-refractivity contribution in [1.82, 2.24) is 9.97 Å². The maximum Gasteiger partial charge on any atom is 0.144 e. The molecule has 1 unspecified atom stereocenters. The van der Waals surface area contributed by atoms with E-state index in [0.29, 0.717) is 5.92 Å². The summed E-state index contributed by atoms with van der Waals surface area (Å²) in [5, 5.41) is 3.32. The summed E-state index contributed by atoms with van der Waals surface area (Å²) in [7, 11) is 0. The van der Waals surface area contributed by atoms with Crippen molar-refractivity contribution in [3.63, 3.8) is 0 Å². The van der Waals surface area contributed by atoms with Crippen LogP contribution in [0.3, 0.4) is 0 Å². The third kappa shape index (κ3) is 3.97. The fourth-order valence-electron chi connectivity index (χ4n) is 1.48. The number of rotatable bonds is 6. The van der Waals surface area contributed by atoms with Crippen molar-refractivity contribution in [2.45, 2.75) is 33.6 Å². The topological polar surface area (TPSA) is 37.8 Å². The standard InChI is InChI=1S/C12H20ClN3/c1-4-11(5-6-13)7-15-12-8-14-9(2)10(3)16-12/h8,11H,4-7H2,1-3H3,(H,15,16). The van der Waals surface area contributed by atoms with Crippen molar-refractivity contribution in [3.8, 4) is 0 Å². The highest BCUT2D eigenvalue weighted by Crippen LogP contribution is 2.11. The second kappa shape index (κ2) is 6.69. The number of aromatic nitrogens is 2. The minimum Gasteiger partial charge on any atom is -0.369 e. The Morgan fingerprint density at radius 2 is 2.12 bits per heavy atom. The van der Waals surface area contributed by atoms with Crippen LogP contribution in [0.1, 0.15) is 31.2 Å². The average molecular weight is 242 g/mol. The molecule has 0 radical (unpaired) electrons. The van der Waals surface area contributed by atoms with Gasteiger partial charge in [0.1, 0.15) is 5.82 Å². The van der Waals surface area contributed by atoms with Gasteiger partial charge in [-0.05, 0) is 26.2 Å². The van der Waals surface area contributed by atoms with Crippen LogP contribution in [0, 0.1) is 19.8 Å². The van der Waals surface area contributed by atoms with Crippen LogP contribution < -0.4 is 5.32 Å². The molecule has 16 heavy (non-hydrogen) atoms. The molecular weight excluding hydrogens is 222 g/mol. The monoisotopic (exact) mass is 241 g/mol. The Balaban J connectivity index is 2.50. The number of anilines is 1. The molecule has 1 N–H and O–H groups in total. The van der Waals surface area contributed by atoms with Crippen LogP contribution in [0.5, 0.6) is 0 Å². The molecule has 4 heteroatoms. The molecule has 0 bridgehead atoms. The summed E-state index contributed by atoms with van der Waals surface area (Å²) < 4.78 is 0. The van der Waals surface area contributed by atoms with E-state index in [0.717, 1.165) is 42.5 Å². The minimum absolute atomic E-state index is 0.612. The quantitative estimate of drug-likeness (QED) is 0.778. The summed E-state index contributed by atoms with van der Waals surface area (Å²) in [6, 6.07) is 0. The van der Waals surface area contributed by atoms with Crippen LogP contribution >= 0.6 is 11.6 Å². The van der Waals surface area contributed by atoms with E-state index in [1.165, 1.54) is 0 Å². The molecule has 90 valence electrons. The molecule has 0 aliphatic carbocycles. The van der Waals surface area contributed by atoms with Gasteiger partial charge in [-0.3, -0.25) is 4.98 Å². The zero-order valence-corrected chi connectivity index (χ0v) is 11.0. The largest absolute Gasteiger partial charge is 0.369 e. The molecule has 1 aromatic rings. The smallest absolute Gasteiger partial charge is 0.144 e. The third-order valence-electron chi connectivity index (χ3n) is 2.86. The Morgan fingerprint density at radius 3 is 2.69 bits per heavy atom. The van der Waals surface area contributed by atoms with Gasteiger partial charge < -0.3 is 5.32 Å². The minimum atomic E-state index is 0.612. The van der Waals surface area contributed by atoms with E-state index in [2.05, 4.69) is 22.2 Å². The predicted molar refractivity (Wildman–Crippen MR) is 69.1 cm³/mol. The molecule has 1 heterocycles. The van der Waals surface area contributed by atoms with E-state index in [4.69, 9.17) is 11.6 Å². The van der Waals surface area contributed by atoms with Crippen molar-refractivity contribution in [2.75, 3.05) is 17.7 Å². The van der Waals surface area contributed by atoms with Crippen molar-refractivity contribution in [2.24, 2.45) is 5.92 Å². The Labute approximate surface area is 103 Å². The first-order valence-corrected chi connectivity index (χ1v) is 6.30. The number of nitrogens with one attached hydrogen (secondary N) is 1. The zero-order valence-electron chi connectivity index (χ0n) is 10.3. The average Bonchev–Trinajstić information content (AvgIpc) is 2.28. The summed E-state index contributed by atoms with van der Waals surface area (Å²) >= 11 is 5.75. The lowest BCUT2D eigenvalue weighted by molar-refractivity contribution is 0.521. The Hall–Kier alpha value is -0.830. The molecule has 3 nitrogen and oxygen atoms in total. The molecule has 0 aliphatic heterocycles. The summed E-state index contributed by atoms with van der Waals surface area (Å²) in [6.07, 6.45) is 3.97. The lowest BCUT2D eigenvalue weighted by atomic mass is 10.0. The first kappa shape index (κ1) is 13.2. The van der Waals surface area contributed by atoms with Gasteiger partial charge in [0.05, 0.1) is 17.6 Å². The normalized spacial score (nSPS) is 12.5. The Kier molecular flexibility index (Phi) is 5.53. The van der Waals surface area contributed by atoms with Crippen LogP contribution in [0.2, 0.25) is 0 Å². The maximum absolute atomic E-state index is 5.75. The van der Waals surface area contributed by atoms with E-state index >= 15 is 0 Å². The number of hydrogen-bond donors (Lipinski definition) is 1. The van der Waals surface area contributed by atoms with Gasteiger partial charge in [-0.2, -0.15) is 0 Å². The fourth-order valence-corrected chi connectivity index (χ4v) is 1.79. The van der Waals surface area contributed by atoms with Crippen molar-refractivity contribution in [1.29, 1.82) is 0 Å². The van der Waals surface area contributed by atoms with Crippen molar-refractivity contribution < 1.29 is 0 Å². The first-order chi connectivity index (χ1) is 7.67. The molecule has 0 spiro atoms. The maximum atomic E-state index is 5.75. The molecule has 1 atom stereocenters. The lowest BCUT2D eigenvalue weighted by Gasteiger charge is -2.14. The van der Waals surface area contributed by atoms with Crippen LogP contribution in [0.15, 0.2) is 6.20 Å². The van der Waals surface area contributed by atoms with E-state index in [1.807, 2.05) is 13.8 Å². The molecule has 0 fully saturated rings. The fraction of sp³-hybridized carbons (Fsp3) is 0.667. The van der Waals surface area contributed by atoms with E-state index in [1.54, 1.807) is 6.20 Å². The second-order valence-electron chi connectivity index (χ2n) is 4.06. The van der Waals surface area contributed by atoms with Crippen LogP contribution in [0.25, 0.3) is 0 Å². The first-order valence-electron chi connectivity index (χ1n) is 5.77. The molecule has 0 saturated heterocycles. The van der Waals surface area contributed by atoms with Crippen LogP contribution in [-0.4, -0.2) is 22.4 Å². The van der Waals surface area contributed by atoms with Crippen molar-refractivity contribution in [3.05, 3.63) is 17.6 Å². The number of nitrogens with zero attached hydrogens (tertiary/aromatic N) is 2. The molecular formula is C12H20ClN3. The third-order valence-corrected chi connectivity index (χ3v) is 3.08. The van der Waals surface area contributed by atoms with Gasteiger partial charge in [-0.15, -0.1) is 11.6 Å². The van der Waals surface area contributed by atoms with Gasteiger partial charge in [0.2, 0.25) is 0 Å². The summed E-state index contributed by atoms with van der Waals surface area (Å²) in [6.45, 7) is 7.05. The SMILES string of the molecule is CCC(CCCl)CNc1cnc(C)c(C)n1. The molecule has 0 aromatic carbocycles. The highest BCUT2D eigenvalue weighted by atomic mass is 35.5. The van der Waals surface area contributed by atoms with Gasteiger partial charge in [0.15, 0.2) is 0 Å². The lowest BCUT2D eigenvalue weighted by Crippen LogP contribution is -2.15. The predicted octanol–water partition coefficient (Wildman–Crippen LogP) is 3.16. The Bertz CT molecular complexity index is 328. The molecule has 0 amide bonds. The van der Waals surface area contributed by atoms with E-state index < -0.39 is 0 Å². The van der Waals surface area contributed by atoms with Gasteiger partial charge in [0, 0.05) is 12.4 Å².